The van der Waals surface area contributed by atoms with Crippen LogP contribution in [0.15, 0.2) is 89.3 Å². The molecule has 4 aromatic carbocycles. The Balaban J connectivity index is 0.000000853. The summed E-state index contributed by atoms with van der Waals surface area (Å²) in [5.74, 6) is 0. The van der Waals surface area contributed by atoms with E-state index in [4.69, 9.17) is 4.42 Å². The molecule has 0 radical (unpaired) electrons. The number of para-hydroxylation sites is 2. The van der Waals surface area contributed by atoms with E-state index < -0.39 is 0 Å². The standard InChI is InChI=1S/C25H17NO.4Ar/c1-16-10-12-24-20(14-16)21-15-17(11-13-25(21)27-24)26-22-8-4-2-6-18(22)19-7-3-5-9-23(19)26;;;;/h2-15H,1H3;;;;. The van der Waals surface area contributed by atoms with Gasteiger partial charge in [-0.1, -0.05) is 48.0 Å². The number of rotatable bonds is 1. The minimum absolute atomic E-state index is 0. The van der Waals surface area contributed by atoms with Gasteiger partial charge in [-0.25, -0.2) is 0 Å². The Bertz CT molecular complexity index is 1450. The van der Waals surface area contributed by atoms with Crippen molar-refractivity contribution in [3.8, 4) is 5.69 Å². The van der Waals surface area contributed by atoms with Crippen LogP contribution in [-0.2, 0) is 0 Å². The van der Waals surface area contributed by atoms with Gasteiger partial charge in [0.1, 0.15) is 11.2 Å². The van der Waals surface area contributed by atoms with Gasteiger partial charge in [0, 0.05) is 178 Å². The van der Waals surface area contributed by atoms with Crippen LogP contribution in [0.25, 0.3) is 49.4 Å². The molecule has 31 heavy (non-hydrogen) atoms. The van der Waals surface area contributed by atoms with Crippen LogP contribution < -0.4 is 0 Å². The molecule has 0 fully saturated rings. The summed E-state index contributed by atoms with van der Waals surface area (Å²) < 4.78 is 8.39. The molecule has 0 aliphatic rings. The van der Waals surface area contributed by atoms with Crippen LogP contribution in [0.3, 0.4) is 0 Å². The molecule has 0 aliphatic carbocycles. The Morgan fingerprint density at radius 2 is 1.06 bits per heavy atom. The first-order valence-electron chi connectivity index (χ1n) is 9.21. The fraction of sp³-hybridized carbons (Fsp3) is 0.0400. The number of hydrogen-bond donors (Lipinski definition) is 0. The van der Waals surface area contributed by atoms with Gasteiger partial charge in [0.2, 0.25) is 0 Å². The summed E-state index contributed by atoms with van der Waals surface area (Å²) in [5.41, 5.74) is 6.72. The van der Waals surface area contributed by atoms with E-state index in [0.29, 0.717) is 0 Å². The molecule has 0 bridgehead atoms. The van der Waals surface area contributed by atoms with E-state index in [0.717, 1.165) is 22.2 Å². The summed E-state index contributed by atoms with van der Waals surface area (Å²) in [6, 6.07) is 30.0. The van der Waals surface area contributed by atoms with Crippen molar-refractivity contribution in [1.82, 2.24) is 4.57 Å². The predicted molar refractivity (Wildman–Crippen MR) is 113 cm³/mol. The van der Waals surface area contributed by atoms with E-state index in [1.807, 2.05) is 0 Å². The first-order chi connectivity index (χ1) is 13.3. The molecule has 0 aliphatic heterocycles. The van der Waals surface area contributed by atoms with Gasteiger partial charge in [-0.15, -0.1) is 0 Å². The topological polar surface area (TPSA) is 18.1 Å². The SMILES string of the molecule is Cc1ccc2oc3ccc(-n4c5ccccc5c5ccccc54)cc3c2c1.[Ar].[Ar].[Ar].[Ar]. The van der Waals surface area contributed by atoms with Crippen LogP contribution in [-0.4, -0.2) is 4.57 Å². The molecule has 6 heteroatoms. The maximum absolute atomic E-state index is 6.05. The Kier molecular flexibility index (Phi) is 11.1. The van der Waals surface area contributed by atoms with Gasteiger partial charge in [-0.2, -0.15) is 0 Å². The Labute approximate surface area is 300 Å². The van der Waals surface area contributed by atoms with Crippen LogP contribution >= 0.6 is 0 Å². The quantitative estimate of drug-likeness (QED) is 0.235. The van der Waals surface area contributed by atoms with Crippen molar-refractivity contribution in [2.75, 3.05) is 0 Å². The smallest absolute Gasteiger partial charge is 0.135 e. The van der Waals surface area contributed by atoms with E-state index >= 15 is 0 Å². The zero-order valence-electron chi connectivity index (χ0n) is 16.4. The van der Waals surface area contributed by atoms with Crippen LogP contribution in [0, 0.1) is 158 Å². The second-order valence-electron chi connectivity index (χ2n) is 7.15. The summed E-state index contributed by atoms with van der Waals surface area (Å²) in [4.78, 5) is 0. The van der Waals surface area contributed by atoms with Gasteiger partial charge in [0.05, 0.1) is 11.0 Å². The fourth-order valence-electron chi connectivity index (χ4n) is 4.22. The van der Waals surface area contributed by atoms with Crippen LogP contribution in [0.1, 0.15) is 5.56 Å². The van der Waals surface area contributed by atoms with Gasteiger partial charge < -0.3 is 8.98 Å². The molecule has 0 atom stereocenters. The maximum Gasteiger partial charge on any atom is 0.135 e. The average Bonchev–Trinajstić information content (AvgIpc) is 3.23. The van der Waals surface area contributed by atoms with Crippen molar-refractivity contribution in [2.45, 2.75) is 6.92 Å². The minimum atomic E-state index is 0. The first kappa shape index (κ1) is 28.8. The monoisotopic (exact) mass is 507 g/mol. The van der Waals surface area contributed by atoms with Crippen LogP contribution in [0.5, 0.6) is 0 Å². The minimum Gasteiger partial charge on any atom is -0.456 e. The third kappa shape index (κ3) is 5.08. The molecular weight excluding hydrogens is 490 g/mol. The Morgan fingerprint density at radius 1 is 0.548 bits per heavy atom. The van der Waals surface area contributed by atoms with Crippen molar-refractivity contribution in [1.29, 1.82) is 0 Å². The van der Waals surface area contributed by atoms with Crippen molar-refractivity contribution in [2.24, 2.45) is 0 Å². The molecule has 160 valence electrons. The number of furan rings is 1. The zero-order chi connectivity index (χ0) is 18.0. The molecule has 6 aromatic rings. The third-order valence-electron chi connectivity index (χ3n) is 5.45. The summed E-state index contributed by atoms with van der Waals surface area (Å²) in [6.07, 6.45) is 0. The van der Waals surface area contributed by atoms with E-state index in [2.05, 4.69) is 96.4 Å². The van der Waals surface area contributed by atoms with E-state index in [1.165, 1.54) is 32.8 Å². The van der Waals surface area contributed by atoms with Gasteiger partial charge in [0.15, 0.2) is 0 Å². The van der Waals surface area contributed by atoms with Crippen LogP contribution in [0.4, 0.5) is 0 Å². The summed E-state index contributed by atoms with van der Waals surface area (Å²) >= 11 is 0. The van der Waals surface area contributed by atoms with Gasteiger partial charge in [-0.05, 0) is 49.4 Å². The number of fused-ring (bicyclic) bond motifs is 6. The summed E-state index contributed by atoms with van der Waals surface area (Å²) in [6.45, 7) is 2.12. The molecule has 2 aromatic heterocycles. The van der Waals surface area contributed by atoms with E-state index in [-0.39, 0.29) is 151 Å². The van der Waals surface area contributed by atoms with Gasteiger partial charge in [-0.3, -0.25) is 0 Å². The van der Waals surface area contributed by atoms with Crippen molar-refractivity contribution < 1.29 is 155 Å². The maximum atomic E-state index is 6.05. The zero-order valence-corrected chi connectivity index (χ0v) is 19.2. The third-order valence-corrected chi connectivity index (χ3v) is 5.45. The second-order valence-corrected chi connectivity index (χ2v) is 7.15. The van der Waals surface area contributed by atoms with Gasteiger partial charge in [0.25, 0.3) is 0 Å². The molecule has 0 N–H and O–H groups in total. The van der Waals surface area contributed by atoms with Crippen molar-refractivity contribution in [3.63, 3.8) is 0 Å². The second kappa shape index (κ2) is 12.0. The average molecular weight is 507 g/mol. The molecule has 0 amide bonds. The van der Waals surface area contributed by atoms with Crippen LogP contribution in [0.2, 0.25) is 0 Å². The van der Waals surface area contributed by atoms with Crippen molar-refractivity contribution in [3.05, 3.63) is 90.5 Å². The normalized spacial score (nSPS) is 10.4. The Morgan fingerprint density at radius 3 is 1.68 bits per heavy atom. The van der Waals surface area contributed by atoms with Crippen molar-refractivity contribution >= 4 is 43.7 Å². The van der Waals surface area contributed by atoms with E-state index in [9.17, 15) is 0 Å². The molecule has 0 saturated carbocycles. The molecule has 0 saturated heterocycles. The molecule has 0 spiro atoms. The molecule has 2 heterocycles. The molecule has 0 unspecified atom stereocenters. The number of nitrogens with zero attached hydrogens (tertiary/aromatic N) is 1. The molecular formula is C25H17Ar4NO. The molecule has 6 rings (SSSR count). The van der Waals surface area contributed by atoms with Gasteiger partial charge >= 0.3 is 0 Å². The fourth-order valence-corrected chi connectivity index (χ4v) is 4.22. The summed E-state index contributed by atoms with van der Waals surface area (Å²) in [7, 11) is 0. The number of aryl methyl sites for hydroxylation is 1. The number of aromatic nitrogens is 1. The largest absolute Gasteiger partial charge is 0.456 e. The molecule has 2 nitrogen and oxygen atoms in total. The predicted octanol–water partition coefficient (Wildman–Crippen LogP) is 6.99. The number of hydrogen-bond acceptors (Lipinski definition) is 1. The Hall–Kier alpha value is 1.52. The first-order valence-corrected chi connectivity index (χ1v) is 9.21. The van der Waals surface area contributed by atoms with E-state index in [1.54, 1.807) is 0 Å². The number of benzene rings is 4. The summed E-state index contributed by atoms with van der Waals surface area (Å²) in [5, 5.41) is 4.89.